The lowest BCUT2D eigenvalue weighted by molar-refractivity contribution is -0.175. The molecule has 0 spiro atoms. The van der Waals surface area contributed by atoms with Crippen molar-refractivity contribution in [2.45, 2.75) is 51.9 Å². The van der Waals surface area contributed by atoms with Crippen molar-refractivity contribution in [3.63, 3.8) is 0 Å². The average molecular weight is 244 g/mol. The molecule has 3 unspecified atom stereocenters. The fourth-order valence-corrected chi connectivity index (χ4v) is 2.06. The minimum atomic E-state index is -0.375. The van der Waals surface area contributed by atoms with Crippen LogP contribution in [0.4, 0.5) is 0 Å². The van der Waals surface area contributed by atoms with Gasteiger partial charge >= 0.3 is 0 Å². The van der Waals surface area contributed by atoms with Gasteiger partial charge in [0.05, 0.1) is 25.4 Å². The molecular weight excluding hydrogens is 220 g/mol. The summed E-state index contributed by atoms with van der Waals surface area (Å²) in [5, 5.41) is 0. The maximum Gasteiger partial charge on any atom is 0.166 e. The van der Waals surface area contributed by atoms with Crippen molar-refractivity contribution in [3.05, 3.63) is 0 Å². The number of hydrogen-bond acceptors (Lipinski definition) is 4. The van der Waals surface area contributed by atoms with E-state index in [0.29, 0.717) is 25.6 Å². The smallest absolute Gasteiger partial charge is 0.166 e. The summed E-state index contributed by atoms with van der Waals surface area (Å²) in [7, 11) is 1.62. The summed E-state index contributed by atoms with van der Waals surface area (Å²) in [5.74, 6) is 0.747. The molecule has 0 radical (unpaired) electrons. The fraction of sp³-hybridized carbons (Fsp3) is 0.923. The van der Waals surface area contributed by atoms with Crippen molar-refractivity contribution >= 4 is 5.78 Å². The first-order valence-corrected chi connectivity index (χ1v) is 6.33. The van der Waals surface area contributed by atoms with Crippen LogP contribution in [0.25, 0.3) is 0 Å². The monoisotopic (exact) mass is 244 g/mol. The normalized spacial score (nSPS) is 26.1. The van der Waals surface area contributed by atoms with Crippen molar-refractivity contribution in [2.24, 2.45) is 5.92 Å². The molecule has 0 aromatic rings. The van der Waals surface area contributed by atoms with E-state index in [-0.39, 0.29) is 24.1 Å². The van der Waals surface area contributed by atoms with Gasteiger partial charge < -0.3 is 14.2 Å². The van der Waals surface area contributed by atoms with E-state index in [1.807, 2.05) is 0 Å². The van der Waals surface area contributed by atoms with Gasteiger partial charge in [0.2, 0.25) is 0 Å². The Morgan fingerprint density at radius 1 is 1.29 bits per heavy atom. The van der Waals surface area contributed by atoms with Crippen LogP contribution in [-0.4, -0.2) is 44.4 Å². The first-order chi connectivity index (χ1) is 8.04. The molecule has 1 saturated carbocycles. The van der Waals surface area contributed by atoms with Gasteiger partial charge in [-0.1, -0.05) is 13.8 Å². The molecule has 0 aliphatic heterocycles. The molecule has 0 aromatic heterocycles. The van der Waals surface area contributed by atoms with Gasteiger partial charge in [-0.05, 0) is 19.3 Å². The quantitative estimate of drug-likeness (QED) is 0.611. The van der Waals surface area contributed by atoms with Crippen molar-refractivity contribution in [2.75, 3.05) is 20.3 Å². The van der Waals surface area contributed by atoms with Crippen molar-refractivity contribution in [1.29, 1.82) is 0 Å². The van der Waals surface area contributed by atoms with Crippen LogP contribution in [0.2, 0.25) is 0 Å². The lowest BCUT2D eigenvalue weighted by atomic mass is 9.89. The molecule has 4 nitrogen and oxygen atoms in total. The summed E-state index contributed by atoms with van der Waals surface area (Å²) in [6.07, 6.45) is 1.24. The van der Waals surface area contributed by atoms with E-state index in [2.05, 4.69) is 20.8 Å². The van der Waals surface area contributed by atoms with Crippen molar-refractivity contribution in [3.8, 4) is 0 Å². The molecule has 1 fully saturated rings. The SMILES string of the molecule is COCCOC1C(=O)CC1OC(C)CC(C)C. The van der Waals surface area contributed by atoms with Gasteiger partial charge in [0.25, 0.3) is 0 Å². The highest BCUT2D eigenvalue weighted by atomic mass is 16.6. The molecule has 0 bridgehead atoms. The third-order valence-corrected chi connectivity index (χ3v) is 2.85. The molecule has 1 aliphatic carbocycles. The maximum atomic E-state index is 11.4. The number of carbonyl (C=O) groups is 1. The number of rotatable bonds is 8. The molecule has 0 saturated heterocycles. The van der Waals surface area contributed by atoms with Gasteiger partial charge in [-0.3, -0.25) is 4.79 Å². The molecule has 0 amide bonds. The number of methoxy groups -OCH3 is 1. The lowest BCUT2D eigenvalue weighted by Crippen LogP contribution is -2.52. The Morgan fingerprint density at radius 3 is 2.53 bits per heavy atom. The number of hydrogen-bond donors (Lipinski definition) is 0. The second-order valence-corrected chi connectivity index (χ2v) is 5.07. The predicted molar refractivity (Wildman–Crippen MR) is 65.0 cm³/mol. The van der Waals surface area contributed by atoms with E-state index in [1.165, 1.54) is 0 Å². The zero-order valence-electron chi connectivity index (χ0n) is 11.3. The Hall–Kier alpha value is -0.450. The third-order valence-electron chi connectivity index (χ3n) is 2.85. The van der Waals surface area contributed by atoms with E-state index in [1.54, 1.807) is 7.11 Å². The summed E-state index contributed by atoms with van der Waals surface area (Å²) in [6, 6.07) is 0. The van der Waals surface area contributed by atoms with Gasteiger partial charge in [-0.15, -0.1) is 0 Å². The minimum Gasteiger partial charge on any atom is -0.382 e. The standard InChI is InChI=1S/C13H24O4/c1-9(2)7-10(3)17-12-8-11(14)13(12)16-6-5-15-4/h9-10,12-13H,5-8H2,1-4H3. The molecule has 0 heterocycles. The first kappa shape index (κ1) is 14.6. The van der Waals surface area contributed by atoms with Crippen LogP contribution in [0.5, 0.6) is 0 Å². The lowest BCUT2D eigenvalue weighted by Gasteiger charge is -2.36. The minimum absolute atomic E-state index is 0.0619. The summed E-state index contributed by atoms with van der Waals surface area (Å²) in [4.78, 5) is 11.4. The van der Waals surface area contributed by atoms with Crippen LogP contribution in [-0.2, 0) is 19.0 Å². The van der Waals surface area contributed by atoms with Crippen LogP contribution in [0, 0.1) is 5.92 Å². The van der Waals surface area contributed by atoms with Gasteiger partial charge in [0.15, 0.2) is 5.78 Å². The van der Waals surface area contributed by atoms with Crippen LogP contribution in [0.1, 0.15) is 33.6 Å². The molecule has 1 rings (SSSR count). The van der Waals surface area contributed by atoms with Crippen LogP contribution < -0.4 is 0 Å². The van der Waals surface area contributed by atoms with Crippen LogP contribution in [0.3, 0.4) is 0 Å². The Kier molecular flexibility index (Phi) is 6.09. The number of Topliss-reactive ketones (excluding diaryl/α,β-unsaturated/α-hetero) is 1. The molecule has 1 aliphatic rings. The Balaban J connectivity index is 2.26. The summed E-state index contributed by atoms with van der Waals surface area (Å²) < 4.78 is 16.2. The van der Waals surface area contributed by atoms with E-state index < -0.39 is 0 Å². The molecule has 4 heteroatoms. The number of ketones is 1. The maximum absolute atomic E-state index is 11.4. The Morgan fingerprint density at radius 2 is 2.00 bits per heavy atom. The zero-order chi connectivity index (χ0) is 12.8. The molecule has 100 valence electrons. The second-order valence-electron chi connectivity index (χ2n) is 5.07. The topological polar surface area (TPSA) is 44.8 Å². The summed E-state index contributed by atoms with van der Waals surface area (Å²) >= 11 is 0. The third kappa shape index (κ3) is 4.74. The average Bonchev–Trinajstić information content (AvgIpc) is 2.22. The van der Waals surface area contributed by atoms with Gasteiger partial charge in [0.1, 0.15) is 6.10 Å². The van der Waals surface area contributed by atoms with E-state index >= 15 is 0 Å². The van der Waals surface area contributed by atoms with Crippen LogP contribution in [0.15, 0.2) is 0 Å². The Labute approximate surface area is 104 Å². The summed E-state index contributed by atoms with van der Waals surface area (Å²) in [6.45, 7) is 7.34. The molecule has 0 aromatic carbocycles. The van der Waals surface area contributed by atoms with E-state index in [4.69, 9.17) is 14.2 Å². The van der Waals surface area contributed by atoms with Gasteiger partial charge in [-0.2, -0.15) is 0 Å². The number of ether oxygens (including phenoxy) is 3. The number of carbonyl (C=O) groups excluding carboxylic acids is 1. The van der Waals surface area contributed by atoms with Crippen molar-refractivity contribution < 1.29 is 19.0 Å². The van der Waals surface area contributed by atoms with Gasteiger partial charge in [-0.25, -0.2) is 0 Å². The predicted octanol–water partition coefficient (Wildman–Crippen LogP) is 1.81. The molecular formula is C13H24O4. The highest BCUT2D eigenvalue weighted by molar-refractivity contribution is 5.90. The fourth-order valence-electron chi connectivity index (χ4n) is 2.06. The molecule has 0 N–H and O–H groups in total. The zero-order valence-corrected chi connectivity index (χ0v) is 11.3. The van der Waals surface area contributed by atoms with E-state index in [0.717, 1.165) is 6.42 Å². The molecule has 17 heavy (non-hydrogen) atoms. The van der Waals surface area contributed by atoms with E-state index in [9.17, 15) is 4.79 Å². The summed E-state index contributed by atoms with van der Waals surface area (Å²) in [5.41, 5.74) is 0. The Bertz CT molecular complexity index is 240. The highest BCUT2D eigenvalue weighted by Gasteiger charge is 2.42. The largest absolute Gasteiger partial charge is 0.382 e. The first-order valence-electron chi connectivity index (χ1n) is 6.33. The van der Waals surface area contributed by atoms with Crippen LogP contribution >= 0.6 is 0 Å². The van der Waals surface area contributed by atoms with Crippen molar-refractivity contribution in [1.82, 2.24) is 0 Å². The second kappa shape index (κ2) is 7.09. The highest BCUT2D eigenvalue weighted by Crippen LogP contribution is 2.25. The molecule has 3 atom stereocenters. The van der Waals surface area contributed by atoms with Gasteiger partial charge in [0, 0.05) is 13.5 Å².